The van der Waals surface area contributed by atoms with E-state index in [0.717, 1.165) is 12.8 Å². The molecule has 45 heavy (non-hydrogen) atoms. The molecule has 3 aliphatic rings. The summed E-state index contributed by atoms with van der Waals surface area (Å²) in [7, 11) is -5.39. The van der Waals surface area contributed by atoms with Crippen molar-refractivity contribution in [3.05, 3.63) is 82.9 Å². The number of phosphoric ester groups is 1. The van der Waals surface area contributed by atoms with Crippen LogP contribution in [0.4, 0.5) is 0 Å². The first-order valence-electron chi connectivity index (χ1n) is 14.0. The molecule has 2 aliphatic heterocycles. The number of unbranched alkanes of at least 4 members (excludes halogenated alkanes) is 1. The van der Waals surface area contributed by atoms with Crippen molar-refractivity contribution in [2.45, 2.75) is 62.0 Å². The molecule has 1 aliphatic carbocycles. The van der Waals surface area contributed by atoms with Crippen LogP contribution in [0.3, 0.4) is 0 Å². The second-order valence-electron chi connectivity index (χ2n) is 10.8. The molecule has 0 bridgehead atoms. The van der Waals surface area contributed by atoms with Gasteiger partial charge in [0.15, 0.2) is 5.60 Å². The Kier molecular flexibility index (Phi) is 9.44. The Morgan fingerprint density at radius 2 is 1.42 bits per heavy atom. The molecule has 2 heterocycles. The van der Waals surface area contributed by atoms with Crippen LogP contribution in [-0.4, -0.2) is 74.7 Å². The van der Waals surface area contributed by atoms with Gasteiger partial charge in [0.2, 0.25) is 0 Å². The van der Waals surface area contributed by atoms with Gasteiger partial charge in [-0.25, -0.2) is 4.79 Å². The number of carbonyl (C=O) groups is 1. The molecule has 8 atom stereocenters. The van der Waals surface area contributed by atoms with Crippen LogP contribution in [0.1, 0.15) is 46.8 Å². The first-order valence-corrected chi connectivity index (χ1v) is 15.4. The van der Waals surface area contributed by atoms with Gasteiger partial charge in [0.05, 0.1) is 12.2 Å². The number of phosphoric acid groups is 1. The quantitative estimate of drug-likeness (QED) is 0.0827. The molecule has 0 saturated heterocycles. The van der Waals surface area contributed by atoms with Crippen LogP contribution in [0, 0.1) is 0 Å². The minimum atomic E-state index is -5.39. The Bertz CT molecular complexity index is 1620. The normalized spacial score (nSPS) is 29.3. The van der Waals surface area contributed by atoms with Gasteiger partial charge in [-0.05, 0) is 36.8 Å². The topological polar surface area (TPSA) is 204 Å². The van der Waals surface area contributed by atoms with E-state index in [0.29, 0.717) is 40.4 Å². The van der Waals surface area contributed by atoms with E-state index in [2.05, 4.69) is 0 Å². The fourth-order valence-corrected chi connectivity index (χ4v) is 6.70. The molecule has 1 spiro atoms. The van der Waals surface area contributed by atoms with E-state index in [1.54, 1.807) is 42.5 Å². The number of esters is 1. The summed E-state index contributed by atoms with van der Waals surface area (Å²) in [6, 6.07) is 16.0. The van der Waals surface area contributed by atoms with Gasteiger partial charge in [-0.15, -0.1) is 0 Å². The zero-order valence-corrected chi connectivity index (χ0v) is 25.2. The molecule has 1 fully saturated rings. The van der Waals surface area contributed by atoms with Crippen LogP contribution in [0.25, 0.3) is 0 Å². The predicted molar refractivity (Wildman–Crippen MR) is 148 cm³/mol. The molecule has 15 heteroatoms. The SMILES string of the molecule is CCCCOc1ccc2c(c1)Oc1cc(OP(=O)([O-])OC3[C@H](O)[C@H](O)C(O)[C@H](O)[C@H]3O)ccc1C21OC(=O)c2ccccc21.[Li+]. The monoisotopic (exact) mass is 636 g/mol. The van der Waals surface area contributed by atoms with Gasteiger partial charge in [-0.2, -0.15) is 0 Å². The van der Waals surface area contributed by atoms with Gasteiger partial charge in [-0.1, -0.05) is 31.5 Å². The summed E-state index contributed by atoms with van der Waals surface area (Å²) in [5.41, 5.74) is 0.388. The summed E-state index contributed by atoms with van der Waals surface area (Å²) >= 11 is 0. The molecule has 6 rings (SSSR count). The fourth-order valence-electron chi connectivity index (χ4n) is 5.74. The van der Waals surface area contributed by atoms with Gasteiger partial charge >= 0.3 is 32.7 Å². The first kappa shape index (κ1) is 33.4. The molecule has 0 amide bonds. The molecule has 5 N–H and O–H groups in total. The second kappa shape index (κ2) is 12.7. The number of rotatable bonds is 8. The van der Waals surface area contributed by atoms with Crippen molar-refractivity contribution in [3.8, 4) is 23.0 Å². The molecular formula is C30H30LiO13P. The smallest absolute Gasteiger partial charge is 0.746 e. The van der Waals surface area contributed by atoms with E-state index < -0.39 is 56.0 Å². The molecule has 234 valence electrons. The summed E-state index contributed by atoms with van der Waals surface area (Å²) in [6.07, 6.45) is -10.3. The number of ether oxygens (including phenoxy) is 3. The Hall–Kier alpha value is -2.92. The first-order chi connectivity index (χ1) is 21.0. The van der Waals surface area contributed by atoms with Crippen molar-refractivity contribution >= 4 is 13.8 Å². The van der Waals surface area contributed by atoms with E-state index in [4.69, 9.17) is 23.3 Å². The molecule has 13 nitrogen and oxygen atoms in total. The standard InChI is InChI=1S/C30H31O13P.Li/c1-2-3-12-39-15-8-10-19-21(13-15)40-22-14-16(9-11-20(22)30(19)18-7-5-4-6-17(18)29(36)41-30)42-44(37,38)43-28-26(34)24(32)23(31)25(33)27(28)35;/h4-11,13-14,23-28,31-35H,2-3,12H2,1H3,(H,37,38);/q;+1/p-1/t23?,24-,25+,26-,27-,28?,30?;/m1./s1. The number of carbonyl (C=O) groups excluding carboxylic acids is 1. The fraction of sp³-hybridized carbons (Fsp3) is 0.367. The third-order valence-corrected chi connectivity index (χ3v) is 8.90. The van der Waals surface area contributed by atoms with Gasteiger partial charge in [0, 0.05) is 28.8 Å². The van der Waals surface area contributed by atoms with Crippen molar-refractivity contribution in [3.63, 3.8) is 0 Å². The van der Waals surface area contributed by atoms with E-state index in [9.17, 15) is 39.8 Å². The Morgan fingerprint density at radius 3 is 2.07 bits per heavy atom. The van der Waals surface area contributed by atoms with Crippen LogP contribution >= 0.6 is 7.82 Å². The molecule has 3 aromatic carbocycles. The maximum absolute atomic E-state index is 13.1. The summed E-state index contributed by atoms with van der Waals surface area (Å²) in [6.45, 7) is 2.51. The average Bonchev–Trinajstić information content (AvgIpc) is 3.29. The Morgan fingerprint density at radius 1 is 0.844 bits per heavy atom. The van der Waals surface area contributed by atoms with Crippen molar-refractivity contribution in [1.29, 1.82) is 0 Å². The van der Waals surface area contributed by atoms with Gasteiger partial charge < -0.3 is 53.7 Å². The number of aliphatic hydroxyl groups is 5. The summed E-state index contributed by atoms with van der Waals surface area (Å²) < 4.78 is 40.9. The number of hydrogen-bond donors (Lipinski definition) is 5. The minimum absolute atomic E-state index is 0. The third-order valence-electron chi connectivity index (χ3n) is 7.96. The predicted octanol–water partition coefficient (Wildman–Crippen LogP) is -1.51. The molecule has 3 aromatic rings. The number of hydrogen-bond acceptors (Lipinski definition) is 13. The zero-order chi connectivity index (χ0) is 31.4. The van der Waals surface area contributed by atoms with Gasteiger partial charge in [0.25, 0.3) is 0 Å². The van der Waals surface area contributed by atoms with Crippen molar-refractivity contribution in [2.24, 2.45) is 0 Å². The maximum Gasteiger partial charge on any atom is 1.00 e. The average molecular weight is 636 g/mol. The van der Waals surface area contributed by atoms with Crippen molar-refractivity contribution in [2.75, 3.05) is 6.61 Å². The molecule has 1 saturated carbocycles. The van der Waals surface area contributed by atoms with Crippen LogP contribution in [0.15, 0.2) is 60.7 Å². The Balaban J connectivity index is 0.00000400. The molecular weight excluding hydrogens is 606 g/mol. The number of aliphatic hydroxyl groups excluding tert-OH is 5. The Labute approximate surface area is 269 Å². The van der Waals surface area contributed by atoms with Crippen molar-refractivity contribution < 1.29 is 81.9 Å². The van der Waals surface area contributed by atoms with Gasteiger partial charge in [-0.3, -0.25) is 4.57 Å². The molecule has 0 radical (unpaired) electrons. The summed E-state index contributed by atoms with van der Waals surface area (Å²) in [4.78, 5) is 25.9. The van der Waals surface area contributed by atoms with Crippen LogP contribution in [-0.2, 0) is 19.4 Å². The van der Waals surface area contributed by atoms with E-state index in [1.165, 1.54) is 18.2 Å². The van der Waals surface area contributed by atoms with Gasteiger partial charge in [0.1, 0.15) is 59.6 Å². The number of benzene rings is 3. The summed E-state index contributed by atoms with van der Waals surface area (Å²) in [5.74, 6) is 0.0491. The van der Waals surface area contributed by atoms with E-state index in [1.807, 2.05) is 6.92 Å². The second-order valence-corrected chi connectivity index (χ2v) is 12.1. The molecule has 0 aromatic heterocycles. The third kappa shape index (κ3) is 5.79. The largest absolute Gasteiger partial charge is 1.00 e. The number of fused-ring (bicyclic) bond motifs is 6. The van der Waals surface area contributed by atoms with Crippen LogP contribution in [0.2, 0.25) is 0 Å². The van der Waals surface area contributed by atoms with Crippen LogP contribution < -0.4 is 37.8 Å². The summed E-state index contributed by atoms with van der Waals surface area (Å²) in [5, 5.41) is 50.0. The zero-order valence-electron chi connectivity index (χ0n) is 24.3. The minimum Gasteiger partial charge on any atom is -0.746 e. The molecule has 4 unspecified atom stereocenters. The van der Waals surface area contributed by atoms with E-state index in [-0.39, 0.29) is 30.4 Å². The van der Waals surface area contributed by atoms with Crippen molar-refractivity contribution in [1.82, 2.24) is 0 Å². The van der Waals surface area contributed by atoms with Crippen LogP contribution in [0.5, 0.6) is 23.0 Å². The van der Waals surface area contributed by atoms with E-state index >= 15 is 0 Å². The maximum atomic E-state index is 13.1.